The van der Waals surface area contributed by atoms with Crippen LogP contribution in [0.15, 0.2) is 36.7 Å². The molecule has 0 aliphatic rings. The van der Waals surface area contributed by atoms with Crippen LogP contribution < -0.4 is 5.32 Å². The van der Waals surface area contributed by atoms with Gasteiger partial charge in [0.2, 0.25) is 5.95 Å². The molecule has 4 nitrogen and oxygen atoms in total. The molecule has 92 valence electrons. The number of nitrogens with zero attached hydrogens (tertiary/aromatic N) is 2. The van der Waals surface area contributed by atoms with E-state index in [2.05, 4.69) is 15.3 Å². The van der Waals surface area contributed by atoms with Crippen molar-refractivity contribution in [3.8, 4) is 11.1 Å². The van der Waals surface area contributed by atoms with Crippen molar-refractivity contribution in [1.82, 2.24) is 9.97 Å². The molecule has 0 radical (unpaired) electrons. The fourth-order valence-electron chi connectivity index (χ4n) is 1.41. The van der Waals surface area contributed by atoms with Crippen molar-refractivity contribution in [3.05, 3.63) is 42.5 Å². The summed E-state index contributed by atoms with van der Waals surface area (Å²) in [6.45, 7) is 1.69. The predicted octanol–water partition coefficient (Wildman–Crippen LogP) is 2.28. The van der Waals surface area contributed by atoms with Gasteiger partial charge in [-0.1, -0.05) is 12.1 Å². The number of aromatic nitrogens is 2. The second-order valence-electron chi connectivity index (χ2n) is 3.86. The molecule has 0 unspecified atom stereocenters. The second kappa shape index (κ2) is 5.35. The standard InChI is InChI=1S/C13H12FN3O/c1-9(18)6-15-13-16-7-11(8-17-13)10-2-4-12(14)5-3-10/h2-5,7-8H,6H2,1H3,(H,15,16,17). The van der Waals surface area contributed by atoms with Crippen LogP contribution in [0.1, 0.15) is 6.92 Å². The van der Waals surface area contributed by atoms with Crippen molar-refractivity contribution in [2.45, 2.75) is 6.92 Å². The molecule has 5 heteroatoms. The SMILES string of the molecule is CC(=O)CNc1ncc(-c2ccc(F)cc2)cn1. The Bertz CT molecular complexity index is 537. The lowest BCUT2D eigenvalue weighted by Gasteiger charge is -2.04. The highest BCUT2D eigenvalue weighted by Gasteiger charge is 2.01. The fraction of sp³-hybridized carbons (Fsp3) is 0.154. The third-order valence-corrected chi connectivity index (χ3v) is 2.32. The Hall–Kier alpha value is -2.30. The molecule has 0 amide bonds. The van der Waals surface area contributed by atoms with Gasteiger partial charge < -0.3 is 5.32 Å². The summed E-state index contributed by atoms with van der Waals surface area (Å²) in [7, 11) is 0. The van der Waals surface area contributed by atoms with Gasteiger partial charge in [0.25, 0.3) is 0 Å². The summed E-state index contributed by atoms with van der Waals surface area (Å²) in [6, 6.07) is 6.10. The molecule has 0 aliphatic heterocycles. The van der Waals surface area contributed by atoms with E-state index >= 15 is 0 Å². The minimum Gasteiger partial charge on any atom is -0.347 e. The van der Waals surface area contributed by atoms with Crippen LogP contribution in [0.5, 0.6) is 0 Å². The zero-order valence-corrected chi connectivity index (χ0v) is 9.85. The van der Waals surface area contributed by atoms with E-state index < -0.39 is 0 Å². The van der Waals surface area contributed by atoms with Crippen molar-refractivity contribution >= 4 is 11.7 Å². The van der Waals surface area contributed by atoms with E-state index in [1.54, 1.807) is 24.5 Å². The predicted molar refractivity (Wildman–Crippen MR) is 66.6 cm³/mol. The van der Waals surface area contributed by atoms with Crippen molar-refractivity contribution < 1.29 is 9.18 Å². The Labute approximate surface area is 104 Å². The zero-order chi connectivity index (χ0) is 13.0. The molecule has 1 aromatic heterocycles. The monoisotopic (exact) mass is 245 g/mol. The van der Waals surface area contributed by atoms with Crippen LogP contribution >= 0.6 is 0 Å². The van der Waals surface area contributed by atoms with Gasteiger partial charge in [0.1, 0.15) is 11.6 Å². The van der Waals surface area contributed by atoms with Crippen molar-refractivity contribution in [1.29, 1.82) is 0 Å². The maximum Gasteiger partial charge on any atom is 0.222 e. The topological polar surface area (TPSA) is 54.9 Å². The number of hydrogen-bond acceptors (Lipinski definition) is 4. The van der Waals surface area contributed by atoms with E-state index in [1.165, 1.54) is 19.1 Å². The number of Topliss-reactive ketones (excluding diaryl/α,β-unsaturated/α-hetero) is 1. The van der Waals surface area contributed by atoms with Gasteiger partial charge in [-0.3, -0.25) is 4.79 Å². The number of hydrogen-bond donors (Lipinski definition) is 1. The number of rotatable bonds is 4. The van der Waals surface area contributed by atoms with Gasteiger partial charge in [0.15, 0.2) is 0 Å². The van der Waals surface area contributed by atoms with Crippen molar-refractivity contribution in [2.24, 2.45) is 0 Å². The van der Waals surface area contributed by atoms with Crippen molar-refractivity contribution in [3.63, 3.8) is 0 Å². The Morgan fingerprint density at radius 1 is 1.17 bits per heavy atom. The zero-order valence-electron chi connectivity index (χ0n) is 9.85. The summed E-state index contributed by atoms with van der Waals surface area (Å²) < 4.78 is 12.8. The number of ketones is 1. The van der Waals surface area contributed by atoms with E-state index in [9.17, 15) is 9.18 Å². The minimum absolute atomic E-state index is 0.0150. The maximum atomic E-state index is 12.8. The summed E-state index contributed by atoms with van der Waals surface area (Å²) in [6.07, 6.45) is 3.26. The van der Waals surface area contributed by atoms with E-state index in [0.29, 0.717) is 5.95 Å². The van der Waals surface area contributed by atoms with Crippen LogP contribution in [0.4, 0.5) is 10.3 Å². The molecule has 0 saturated carbocycles. The second-order valence-corrected chi connectivity index (χ2v) is 3.86. The van der Waals surface area contributed by atoms with Crippen LogP contribution in [-0.4, -0.2) is 22.3 Å². The van der Waals surface area contributed by atoms with Gasteiger partial charge in [0.05, 0.1) is 6.54 Å². The largest absolute Gasteiger partial charge is 0.347 e. The van der Waals surface area contributed by atoms with E-state index in [4.69, 9.17) is 0 Å². The molecule has 0 atom stereocenters. The molecule has 2 rings (SSSR count). The highest BCUT2D eigenvalue weighted by atomic mass is 19.1. The fourth-order valence-corrected chi connectivity index (χ4v) is 1.41. The first kappa shape index (κ1) is 12.2. The highest BCUT2D eigenvalue weighted by molar-refractivity contribution is 5.79. The summed E-state index contributed by atoms with van der Waals surface area (Å²) in [4.78, 5) is 18.9. The lowest BCUT2D eigenvalue weighted by atomic mass is 10.1. The summed E-state index contributed by atoms with van der Waals surface area (Å²) in [5, 5.41) is 2.80. The van der Waals surface area contributed by atoms with Crippen LogP contribution in [0.3, 0.4) is 0 Å². The molecular weight excluding hydrogens is 233 g/mol. The number of carbonyl (C=O) groups excluding carboxylic acids is 1. The number of benzene rings is 1. The van der Waals surface area contributed by atoms with Gasteiger partial charge >= 0.3 is 0 Å². The third-order valence-electron chi connectivity index (χ3n) is 2.32. The Balaban J connectivity index is 2.12. The van der Waals surface area contributed by atoms with E-state index in [0.717, 1.165) is 11.1 Å². The molecular formula is C13H12FN3O. The van der Waals surface area contributed by atoms with Gasteiger partial charge in [0, 0.05) is 18.0 Å². The van der Waals surface area contributed by atoms with Gasteiger partial charge in [-0.25, -0.2) is 14.4 Å². The number of carbonyl (C=O) groups is 1. The summed E-state index contributed by atoms with van der Waals surface area (Å²) in [5.74, 6) is 0.136. The van der Waals surface area contributed by atoms with Gasteiger partial charge in [-0.15, -0.1) is 0 Å². The molecule has 0 spiro atoms. The maximum absolute atomic E-state index is 12.8. The molecule has 0 fully saturated rings. The van der Waals surface area contributed by atoms with Crippen LogP contribution in [0.2, 0.25) is 0 Å². The first-order valence-electron chi connectivity index (χ1n) is 5.46. The molecule has 1 N–H and O–H groups in total. The first-order chi connectivity index (χ1) is 8.65. The van der Waals surface area contributed by atoms with Gasteiger partial charge in [-0.2, -0.15) is 0 Å². The lowest BCUT2D eigenvalue weighted by Crippen LogP contribution is -2.11. The van der Waals surface area contributed by atoms with Crippen LogP contribution in [0, 0.1) is 5.82 Å². The molecule has 2 aromatic rings. The highest BCUT2D eigenvalue weighted by Crippen LogP contribution is 2.18. The Morgan fingerprint density at radius 3 is 2.33 bits per heavy atom. The van der Waals surface area contributed by atoms with Crippen molar-refractivity contribution in [2.75, 3.05) is 11.9 Å². The average molecular weight is 245 g/mol. The van der Waals surface area contributed by atoms with E-state index in [1.807, 2.05) is 0 Å². The molecule has 0 bridgehead atoms. The molecule has 0 saturated heterocycles. The number of halogens is 1. The lowest BCUT2D eigenvalue weighted by molar-refractivity contribution is -0.115. The Morgan fingerprint density at radius 2 is 1.78 bits per heavy atom. The minimum atomic E-state index is -0.278. The molecule has 1 heterocycles. The summed E-state index contributed by atoms with van der Waals surface area (Å²) >= 11 is 0. The van der Waals surface area contributed by atoms with Crippen LogP contribution in [-0.2, 0) is 4.79 Å². The van der Waals surface area contributed by atoms with E-state index in [-0.39, 0.29) is 18.1 Å². The number of nitrogens with one attached hydrogen (secondary N) is 1. The first-order valence-corrected chi connectivity index (χ1v) is 5.46. The Kier molecular flexibility index (Phi) is 3.62. The molecule has 0 aliphatic carbocycles. The summed E-state index contributed by atoms with van der Waals surface area (Å²) in [5.41, 5.74) is 1.64. The molecule has 1 aromatic carbocycles. The third kappa shape index (κ3) is 3.10. The average Bonchev–Trinajstić information content (AvgIpc) is 2.38. The number of anilines is 1. The van der Waals surface area contributed by atoms with Gasteiger partial charge in [-0.05, 0) is 24.6 Å². The quantitative estimate of drug-likeness (QED) is 0.897. The molecule has 18 heavy (non-hydrogen) atoms. The normalized spacial score (nSPS) is 10.1. The van der Waals surface area contributed by atoms with Crippen LogP contribution in [0.25, 0.3) is 11.1 Å². The smallest absolute Gasteiger partial charge is 0.222 e.